The van der Waals surface area contributed by atoms with Crippen LogP contribution in [0.2, 0.25) is 0 Å². The molecule has 0 aliphatic heterocycles. The van der Waals surface area contributed by atoms with Gasteiger partial charge in [-0.2, -0.15) is 0 Å². The lowest BCUT2D eigenvalue weighted by molar-refractivity contribution is 0.669. The summed E-state index contributed by atoms with van der Waals surface area (Å²) in [6.07, 6.45) is 0. The first-order valence-corrected chi connectivity index (χ1v) is 17.1. The fourth-order valence-electron chi connectivity index (χ4n) is 7.19. The van der Waals surface area contributed by atoms with E-state index < -0.39 is 0 Å². The molecule has 51 heavy (non-hydrogen) atoms. The summed E-state index contributed by atoms with van der Waals surface area (Å²) in [6.45, 7) is 0. The summed E-state index contributed by atoms with van der Waals surface area (Å²) < 4.78 is 6.55. The van der Waals surface area contributed by atoms with E-state index in [1.165, 1.54) is 16.2 Å². The smallest absolute Gasteiger partial charge is 0.164 e. The monoisotopic (exact) mass is 651 g/mol. The van der Waals surface area contributed by atoms with E-state index in [2.05, 4.69) is 152 Å². The summed E-state index contributed by atoms with van der Waals surface area (Å²) >= 11 is 0. The topological polar surface area (TPSA) is 51.8 Å². The first-order chi connectivity index (χ1) is 25.2. The van der Waals surface area contributed by atoms with Crippen molar-refractivity contribution in [1.29, 1.82) is 0 Å². The number of rotatable bonds is 5. The lowest BCUT2D eigenvalue weighted by Crippen LogP contribution is -2.01. The van der Waals surface area contributed by atoms with Gasteiger partial charge in [0.25, 0.3) is 0 Å². The summed E-state index contributed by atoms with van der Waals surface area (Å²) in [7, 11) is 0. The molecule has 4 heteroatoms. The molecule has 238 valence electrons. The Balaban J connectivity index is 1.23. The summed E-state index contributed by atoms with van der Waals surface area (Å²) in [4.78, 5) is 15.6. The highest BCUT2D eigenvalue weighted by Gasteiger charge is 2.20. The molecule has 0 radical (unpaired) electrons. The van der Waals surface area contributed by atoms with E-state index in [0.717, 1.165) is 66.3 Å². The number of para-hydroxylation sites is 1. The Kier molecular flexibility index (Phi) is 6.78. The molecule has 10 rings (SSSR count). The summed E-state index contributed by atoms with van der Waals surface area (Å²) in [5, 5.41) is 6.66. The maximum atomic E-state index is 6.55. The number of benzene rings is 8. The lowest BCUT2D eigenvalue weighted by atomic mass is 9.94. The molecule has 0 N–H and O–H groups in total. The molecular weight excluding hydrogens is 623 g/mol. The molecule has 0 bridgehead atoms. The van der Waals surface area contributed by atoms with Crippen molar-refractivity contribution in [2.24, 2.45) is 0 Å². The largest absolute Gasteiger partial charge is 0.456 e. The molecule has 0 saturated carbocycles. The second-order valence-corrected chi connectivity index (χ2v) is 12.8. The molecule has 8 aromatic carbocycles. The first kappa shape index (κ1) is 29.0. The molecule has 0 unspecified atom stereocenters. The van der Waals surface area contributed by atoms with Crippen LogP contribution in [0.4, 0.5) is 0 Å². The standard InChI is InChI=1S/C47H29N3O/c1-2-11-30(12-3-1)32-21-24-34(25-22-32)45-48-46(36-26-23-31-13-4-5-15-35(31)27-36)50-47(49-45)41-28-37(39-19-10-16-33-14-6-7-17-38(33)39)29-43-44(41)40-18-8-9-20-42(40)51-43/h1-29H. The number of hydrogen-bond donors (Lipinski definition) is 0. The van der Waals surface area contributed by atoms with Crippen LogP contribution >= 0.6 is 0 Å². The van der Waals surface area contributed by atoms with Gasteiger partial charge in [0.05, 0.1) is 0 Å². The van der Waals surface area contributed by atoms with Crippen LogP contribution in [0.15, 0.2) is 180 Å². The molecule has 0 aliphatic carbocycles. The van der Waals surface area contributed by atoms with Crippen LogP contribution in [0.5, 0.6) is 0 Å². The van der Waals surface area contributed by atoms with E-state index in [4.69, 9.17) is 19.4 Å². The summed E-state index contributed by atoms with van der Waals surface area (Å²) in [5.74, 6) is 1.82. The third kappa shape index (κ3) is 5.13. The molecule has 2 aromatic heterocycles. The molecular formula is C47H29N3O. The highest BCUT2D eigenvalue weighted by atomic mass is 16.3. The third-order valence-electron chi connectivity index (χ3n) is 9.71. The number of fused-ring (bicyclic) bond motifs is 5. The zero-order chi connectivity index (χ0) is 33.7. The lowest BCUT2D eigenvalue weighted by Gasteiger charge is -2.12. The molecule has 0 atom stereocenters. The third-order valence-corrected chi connectivity index (χ3v) is 9.71. The Morgan fingerprint density at radius 1 is 0.314 bits per heavy atom. The van der Waals surface area contributed by atoms with Crippen LogP contribution in [0.3, 0.4) is 0 Å². The maximum Gasteiger partial charge on any atom is 0.164 e. The average Bonchev–Trinajstić information content (AvgIpc) is 3.59. The summed E-state index contributed by atoms with van der Waals surface area (Å²) in [6, 6.07) is 61.1. The molecule has 0 aliphatic rings. The first-order valence-electron chi connectivity index (χ1n) is 17.1. The van der Waals surface area contributed by atoms with E-state index in [1.54, 1.807) is 0 Å². The normalized spacial score (nSPS) is 11.5. The van der Waals surface area contributed by atoms with Crippen molar-refractivity contribution in [1.82, 2.24) is 15.0 Å². The minimum absolute atomic E-state index is 0.592. The molecule has 0 amide bonds. The van der Waals surface area contributed by atoms with Gasteiger partial charge in [0, 0.05) is 27.5 Å². The van der Waals surface area contributed by atoms with Gasteiger partial charge in [0.2, 0.25) is 0 Å². The molecule has 0 fully saturated rings. The maximum absolute atomic E-state index is 6.55. The zero-order valence-corrected chi connectivity index (χ0v) is 27.5. The fourth-order valence-corrected chi connectivity index (χ4v) is 7.19. The van der Waals surface area contributed by atoms with Crippen molar-refractivity contribution >= 4 is 43.5 Å². The van der Waals surface area contributed by atoms with Gasteiger partial charge in [0.15, 0.2) is 17.5 Å². The van der Waals surface area contributed by atoms with Crippen LogP contribution in [0.1, 0.15) is 0 Å². The van der Waals surface area contributed by atoms with Gasteiger partial charge >= 0.3 is 0 Å². The Bertz CT molecular complexity index is 2900. The van der Waals surface area contributed by atoms with Gasteiger partial charge in [-0.1, -0.05) is 152 Å². The van der Waals surface area contributed by atoms with Gasteiger partial charge in [-0.15, -0.1) is 0 Å². The van der Waals surface area contributed by atoms with Crippen molar-refractivity contribution in [2.45, 2.75) is 0 Å². The Labute approximate surface area is 294 Å². The van der Waals surface area contributed by atoms with Gasteiger partial charge in [-0.25, -0.2) is 15.0 Å². The van der Waals surface area contributed by atoms with Crippen molar-refractivity contribution < 1.29 is 4.42 Å². The molecule has 0 spiro atoms. The minimum Gasteiger partial charge on any atom is -0.456 e. The van der Waals surface area contributed by atoms with E-state index in [-0.39, 0.29) is 0 Å². The van der Waals surface area contributed by atoms with Crippen molar-refractivity contribution in [3.05, 3.63) is 176 Å². The zero-order valence-electron chi connectivity index (χ0n) is 27.5. The second-order valence-electron chi connectivity index (χ2n) is 12.8. The van der Waals surface area contributed by atoms with Crippen molar-refractivity contribution in [3.8, 4) is 56.4 Å². The Hall–Kier alpha value is -6.91. The van der Waals surface area contributed by atoms with Gasteiger partial charge < -0.3 is 4.42 Å². The van der Waals surface area contributed by atoms with Crippen LogP contribution in [0.25, 0.3) is 99.9 Å². The van der Waals surface area contributed by atoms with Crippen LogP contribution in [-0.4, -0.2) is 15.0 Å². The number of furan rings is 1. The Morgan fingerprint density at radius 3 is 1.76 bits per heavy atom. The molecule has 10 aromatic rings. The minimum atomic E-state index is 0.592. The fraction of sp³-hybridized carbons (Fsp3) is 0. The molecule has 0 saturated heterocycles. The second kappa shape index (κ2) is 11.9. The van der Waals surface area contributed by atoms with Gasteiger partial charge in [0.1, 0.15) is 11.2 Å². The van der Waals surface area contributed by atoms with Crippen molar-refractivity contribution in [3.63, 3.8) is 0 Å². The van der Waals surface area contributed by atoms with Crippen LogP contribution in [0, 0.1) is 0 Å². The van der Waals surface area contributed by atoms with E-state index in [1.807, 2.05) is 24.3 Å². The highest BCUT2D eigenvalue weighted by Crippen LogP contribution is 2.41. The van der Waals surface area contributed by atoms with Crippen LogP contribution < -0.4 is 0 Å². The predicted octanol–water partition coefficient (Wildman–Crippen LogP) is 12.4. The van der Waals surface area contributed by atoms with Gasteiger partial charge in [-0.3, -0.25) is 0 Å². The van der Waals surface area contributed by atoms with E-state index in [0.29, 0.717) is 17.5 Å². The molecule has 4 nitrogen and oxygen atoms in total. The molecule has 2 heterocycles. The predicted molar refractivity (Wildman–Crippen MR) is 209 cm³/mol. The van der Waals surface area contributed by atoms with Gasteiger partial charge in [-0.05, 0) is 68.1 Å². The quantitative estimate of drug-likeness (QED) is 0.186. The summed E-state index contributed by atoms with van der Waals surface area (Å²) in [5.41, 5.74) is 8.81. The number of aromatic nitrogens is 3. The van der Waals surface area contributed by atoms with Crippen LogP contribution in [-0.2, 0) is 0 Å². The van der Waals surface area contributed by atoms with E-state index >= 15 is 0 Å². The van der Waals surface area contributed by atoms with Crippen molar-refractivity contribution in [2.75, 3.05) is 0 Å². The number of hydrogen-bond acceptors (Lipinski definition) is 4. The highest BCUT2D eigenvalue weighted by molar-refractivity contribution is 6.14. The van der Waals surface area contributed by atoms with E-state index in [9.17, 15) is 0 Å². The SMILES string of the molecule is c1ccc(-c2ccc(-c3nc(-c4ccc5ccccc5c4)nc(-c4cc(-c5cccc6ccccc56)cc5oc6ccccc6c45)n3)cc2)cc1. The number of nitrogens with zero attached hydrogens (tertiary/aromatic N) is 3. The average molecular weight is 652 g/mol. The Morgan fingerprint density at radius 2 is 0.922 bits per heavy atom.